The van der Waals surface area contributed by atoms with E-state index in [2.05, 4.69) is 31.0 Å². The largest absolute Gasteiger partial charge is 0.493 e. The standard InChI is InChI=1S/C15H12BrN5O3S/c1-23-11-4-8(3-10(16)12(11)24-2)7-25-14-19-13-9(5-17)6-18-21(13)15(22)20-14/h3-4,6H,7H2,1-2H3,(H,19,20,22). The summed E-state index contributed by atoms with van der Waals surface area (Å²) in [6.45, 7) is 0. The highest BCUT2D eigenvalue weighted by Crippen LogP contribution is 2.37. The molecule has 0 amide bonds. The number of rotatable bonds is 5. The summed E-state index contributed by atoms with van der Waals surface area (Å²) in [7, 11) is 3.14. The van der Waals surface area contributed by atoms with E-state index in [-0.39, 0.29) is 11.2 Å². The van der Waals surface area contributed by atoms with Crippen LogP contribution in [0.15, 0.2) is 32.8 Å². The molecule has 0 bridgehead atoms. The maximum absolute atomic E-state index is 12.0. The van der Waals surface area contributed by atoms with Crippen molar-refractivity contribution in [3.8, 4) is 17.6 Å². The second kappa shape index (κ2) is 7.16. The van der Waals surface area contributed by atoms with Crippen LogP contribution in [-0.4, -0.2) is 33.8 Å². The lowest BCUT2D eigenvalue weighted by molar-refractivity contribution is 0.353. The lowest BCUT2D eigenvalue weighted by Crippen LogP contribution is -2.19. The number of nitriles is 1. The van der Waals surface area contributed by atoms with Crippen LogP contribution < -0.4 is 15.2 Å². The molecule has 3 rings (SSSR count). The highest BCUT2D eigenvalue weighted by molar-refractivity contribution is 9.10. The number of nitrogens with zero attached hydrogens (tertiary/aromatic N) is 4. The Balaban J connectivity index is 1.89. The van der Waals surface area contributed by atoms with Gasteiger partial charge in [0.2, 0.25) is 0 Å². The van der Waals surface area contributed by atoms with Gasteiger partial charge >= 0.3 is 5.69 Å². The molecule has 10 heteroatoms. The number of ether oxygens (including phenoxy) is 2. The van der Waals surface area contributed by atoms with Gasteiger partial charge in [-0.2, -0.15) is 14.9 Å². The fraction of sp³-hybridized carbons (Fsp3) is 0.200. The zero-order chi connectivity index (χ0) is 18.0. The highest BCUT2D eigenvalue weighted by atomic mass is 79.9. The van der Waals surface area contributed by atoms with Gasteiger partial charge in [0.05, 0.1) is 24.9 Å². The van der Waals surface area contributed by atoms with E-state index in [1.165, 1.54) is 18.0 Å². The molecule has 0 aliphatic rings. The third-order valence-corrected chi connectivity index (χ3v) is 4.88. The first-order chi connectivity index (χ1) is 12.1. The lowest BCUT2D eigenvalue weighted by Gasteiger charge is -2.11. The lowest BCUT2D eigenvalue weighted by atomic mass is 10.2. The van der Waals surface area contributed by atoms with Crippen LogP contribution in [0.5, 0.6) is 11.5 Å². The van der Waals surface area contributed by atoms with Gasteiger partial charge in [0.1, 0.15) is 11.6 Å². The van der Waals surface area contributed by atoms with Crippen LogP contribution in [-0.2, 0) is 5.75 Å². The van der Waals surface area contributed by atoms with E-state index in [1.54, 1.807) is 14.2 Å². The molecule has 0 unspecified atom stereocenters. The predicted molar refractivity (Wildman–Crippen MR) is 95.1 cm³/mol. The zero-order valence-corrected chi connectivity index (χ0v) is 15.6. The molecule has 128 valence electrons. The predicted octanol–water partition coefficient (Wildman–Crippen LogP) is 2.36. The quantitative estimate of drug-likeness (QED) is 0.630. The molecule has 0 saturated heterocycles. The molecule has 3 aromatic rings. The Morgan fingerprint density at radius 1 is 1.40 bits per heavy atom. The van der Waals surface area contributed by atoms with Crippen molar-refractivity contribution in [1.82, 2.24) is 19.6 Å². The number of halogens is 1. The molecule has 25 heavy (non-hydrogen) atoms. The number of benzene rings is 1. The van der Waals surface area contributed by atoms with E-state index in [0.717, 1.165) is 14.6 Å². The summed E-state index contributed by atoms with van der Waals surface area (Å²) in [5.74, 6) is 1.75. The van der Waals surface area contributed by atoms with Gasteiger partial charge in [-0.05, 0) is 33.6 Å². The average Bonchev–Trinajstić information content (AvgIpc) is 3.03. The van der Waals surface area contributed by atoms with Gasteiger partial charge in [-0.15, -0.1) is 0 Å². The van der Waals surface area contributed by atoms with Crippen LogP contribution >= 0.6 is 27.7 Å². The van der Waals surface area contributed by atoms with Crippen molar-refractivity contribution in [3.05, 3.63) is 44.4 Å². The topological polar surface area (TPSA) is 105 Å². The van der Waals surface area contributed by atoms with Crippen LogP contribution in [0, 0.1) is 11.3 Å². The zero-order valence-electron chi connectivity index (χ0n) is 13.2. The Bertz CT molecular complexity index is 1040. The first-order valence-corrected chi connectivity index (χ1v) is 8.76. The Morgan fingerprint density at radius 3 is 2.88 bits per heavy atom. The number of fused-ring (bicyclic) bond motifs is 1. The second-order valence-electron chi connectivity index (χ2n) is 4.85. The summed E-state index contributed by atoms with van der Waals surface area (Å²) in [4.78, 5) is 19.0. The fourth-order valence-corrected chi connectivity index (χ4v) is 3.65. The molecule has 0 aliphatic carbocycles. The molecule has 0 radical (unpaired) electrons. The first kappa shape index (κ1) is 17.3. The van der Waals surface area contributed by atoms with E-state index < -0.39 is 5.69 Å². The van der Waals surface area contributed by atoms with Gasteiger partial charge in [-0.1, -0.05) is 11.8 Å². The minimum atomic E-state index is -0.442. The molecule has 0 spiro atoms. The van der Waals surface area contributed by atoms with Gasteiger partial charge in [-0.25, -0.2) is 9.78 Å². The number of nitrogens with one attached hydrogen (secondary N) is 1. The number of aromatic amines is 1. The molecule has 1 aromatic carbocycles. The summed E-state index contributed by atoms with van der Waals surface area (Å²) in [6.07, 6.45) is 1.32. The van der Waals surface area contributed by atoms with Crippen molar-refractivity contribution < 1.29 is 9.47 Å². The average molecular weight is 422 g/mol. The number of methoxy groups -OCH3 is 2. The molecule has 0 saturated carbocycles. The molecule has 2 heterocycles. The van der Waals surface area contributed by atoms with Crippen LogP contribution in [0.25, 0.3) is 5.65 Å². The molecule has 8 nitrogen and oxygen atoms in total. The molecule has 1 N–H and O–H groups in total. The Hall–Kier alpha value is -2.51. The van der Waals surface area contributed by atoms with E-state index in [1.807, 2.05) is 18.2 Å². The minimum Gasteiger partial charge on any atom is -0.493 e. The molecular weight excluding hydrogens is 410 g/mol. The Morgan fingerprint density at radius 2 is 2.20 bits per heavy atom. The molecule has 0 atom stereocenters. The van der Waals surface area contributed by atoms with E-state index >= 15 is 0 Å². The number of thioether (sulfide) groups is 1. The number of aromatic nitrogens is 4. The summed E-state index contributed by atoms with van der Waals surface area (Å²) in [5.41, 5.74) is 0.998. The van der Waals surface area contributed by atoms with Crippen molar-refractivity contribution in [2.75, 3.05) is 14.2 Å². The molecule has 0 aliphatic heterocycles. The number of hydrogen-bond acceptors (Lipinski definition) is 7. The van der Waals surface area contributed by atoms with E-state index in [4.69, 9.17) is 14.7 Å². The normalized spacial score (nSPS) is 10.6. The van der Waals surface area contributed by atoms with Crippen molar-refractivity contribution in [3.63, 3.8) is 0 Å². The number of hydrogen-bond donors (Lipinski definition) is 1. The van der Waals surface area contributed by atoms with Crippen LogP contribution in [0.1, 0.15) is 11.1 Å². The van der Waals surface area contributed by atoms with E-state index in [9.17, 15) is 4.79 Å². The Kier molecular flexibility index (Phi) is 4.96. The van der Waals surface area contributed by atoms with Crippen LogP contribution in [0.3, 0.4) is 0 Å². The molecular formula is C15H12BrN5O3S. The smallest absolute Gasteiger partial charge is 0.350 e. The number of H-pyrrole nitrogens is 1. The van der Waals surface area contributed by atoms with Crippen molar-refractivity contribution in [2.45, 2.75) is 10.9 Å². The SMILES string of the molecule is COc1cc(CSc2nc3c(C#N)cnn3c(=O)[nH]2)cc(Br)c1OC. The van der Waals surface area contributed by atoms with Crippen LogP contribution in [0.4, 0.5) is 0 Å². The van der Waals surface area contributed by atoms with Crippen LogP contribution in [0.2, 0.25) is 0 Å². The van der Waals surface area contributed by atoms with Crippen molar-refractivity contribution >= 4 is 33.3 Å². The van der Waals surface area contributed by atoms with Gasteiger partial charge in [0.15, 0.2) is 22.3 Å². The summed E-state index contributed by atoms with van der Waals surface area (Å²) < 4.78 is 12.4. The summed E-state index contributed by atoms with van der Waals surface area (Å²) >= 11 is 4.78. The summed E-state index contributed by atoms with van der Waals surface area (Å²) in [5, 5.41) is 13.3. The van der Waals surface area contributed by atoms with Gasteiger partial charge in [0, 0.05) is 5.75 Å². The van der Waals surface area contributed by atoms with Crippen molar-refractivity contribution in [1.29, 1.82) is 5.26 Å². The maximum atomic E-state index is 12.0. The summed E-state index contributed by atoms with van der Waals surface area (Å²) in [6, 6.07) is 5.73. The fourth-order valence-electron chi connectivity index (χ4n) is 2.22. The van der Waals surface area contributed by atoms with Crippen molar-refractivity contribution in [2.24, 2.45) is 0 Å². The van der Waals surface area contributed by atoms with Gasteiger partial charge < -0.3 is 9.47 Å². The monoisotopic (exact) mass is 421 g/mol. The molecule has 2 aromatic heterocycles. The minimum absolute atomic E-state index is 0.238. The molecule has 0 fully saturated rings. The van der Waals surface area contributed by atoms with Gasteiger partial charge in [-0.3, -0.25) is 4.98 Å². The van der Waals surface area contributed by atoms with Gasteiger partial charge in [0.25, 0.3) is 0 Å². The highest BCUT2D eigenvalue weighted by Gasteiger charge is 2.13. The first-order valence-electron chi connectivity index (χ1n) is 6.98. The second-order valence-corrected chi connectivity index (χ2v) is 6.67. The maximum Gasteiger partial charge on any atom is 0.350 e. The third kappa shape index (κ3) is 3.33. The third-order valence-electron chi connectivity index (χ3n) is 3.35. The Labute approximate surface area is 154 Å². The van der Waals surface area contributed by atoms with E-state index in [0.29, 0.717) is 22.4 Å².